The summed E-state index contributed by atoms with van der Waals surface area (Å²) in [6.45, 7) is 0.391. The van der Waals surface area contributed by atoms with Crippen molar-refractivity contribution >= 4 is 23.3 Å². The lowest BCUT2D eigenvalue weighted by Crippen LogP contribution is -2.30. The van der Waals surface area contributed by atoms with Gasteiger partial charge in [0.05, 0.1) is 0 Å². The number of benzene rings is 1. The summed E-state index contributed by atoms with van der Waals surface area (Å²) in [6, 6.07) is 9.00. The lowest BCUT2D eigenvalue weighted by atomic mass is 10.1. The van der Waals surface area contributed by atoms with Crippen molar-refractivity contribution in [3.8, 4) is 0 Å². The minimum Gasteiger partial charge on any atom is -0.354 e. The molecule has 0 aliphatic carbocycles. The summed E-state index contributed by atoms with van der Waals surface area (Å²) in [5.41, 5.74) is 1.69. The SMILES string of the molecule is O=C1NCc2cnc(Cl)nc2NC1c1ccccc1. The Labute approximate surface area is 115 Å². The lowest BCUT2D eigenvalue weighted by molar-refractivity contribution is -0.122. The summed E-state index contributed by atoms with van der Waals surface area (Å²) in [5.74, 6) is 0.493. The molecule has 2 aromatic rings. The second-order valence-corrected chi connectivity index (χ2v) is 4.56. The maximum absolute atomic E-state index is 12.1. The van der Waals surface area contributed by atoms with Crippen molar-refractivity contribution < 1.29 is 4.79 Å². The highest BCUT2D eigenvalue weighted by Gasteiger charge is 2.25. The van der Waals surface area contributed by atoms with Gasteiger partial charge in [-0.3, -0.25) is 4.79 Å². The fraction of sp³-hybridized carbons (Fsp3) is 0.154. The Bertz CT molecular complexity index is 617. The molecule has 0 fully saturated rings. The van der Waals surface area contributed by atoms with E-state index in [1.807, 2.05) is 30.3 Å². The maximum atomic E-state index is 12.1. The van der Waals surface area contributed by atoms with Gasteiger partial charge in [-0.25, -0.2) is 9.97 Å². The molecular formula is C13H11ClN4O. The molecule has 1 aliphatic heterocycles. The normalized spacial score (nSPS) is 17.9. The summed E-state index contributed by atoms with van der Waals surface area (Å²) in [5, 5.41) is 6.12. The van der Waals surface area contributed by atoms with Gasteiger partial charge < -0.3 is 10.6 Å². The number of hydrogen-bond donors (Lipinski definition) is 2. The predicted molar refractivity (Wildman–Crippen MR) is 71.7 cm³/mol. The molecule has 0 saturated carbocycles. The van der Waals surface area contributed by atoms with Crippen LogP contribution >= 0.6 is 11.6 Å². The Morgan fingerprint density at radius 3 is 2.84 bits per heavy atom. The lowest BCUT2D eigenvalue weighted by Gasteiger charge is -2.16. The molecule has 96 valence electrons. The number of halogens is 1. The van der Waals surface area contributed by atoms with Crippen molar-refractivity contribution in [2.75, 3.05) is 5.32 Å². The van der Waals surface area contributed by atoms with Gasteiger partial charge in [0.15, 0.2) is 0 Å². The molecule has 0 radical (unpaired) electrons. The van der Waals surface area contributed by atoms with Gasteiger partial charge in [-0.1, -0.05) is 30.3 Å². The molecule has 1 aliphatic rings. The van der Waals surface area contributed by atoms with Gasteiger partial charge in [-0.05, 0) is 17.2 Å². The Balaban J connectivity index is 2.00. The first-order valence-corrected chi connectivity index (χ1v) is 6.22. The highest BCUT2D eigenvalue weighted by Crippen LogP contribution is 2.24. The van der Waals surface area contributed by atoms with E-state index in [9.17, 15) is 4.79 Å². The summed E-state index contributed by atoms with van der Waals surface area (Å²) in [4.78, 5) is 20.2. The van der Waals surface area contributed by atoms with E-state index in [-0.39, 0.29) is 11.2 Å². The molecule has 2 N–H and O–H groups in total. The number of nitrogens with zero attached hydrogens (tertiary/aromatic N) is 2. The van der Waals surface area contributed by atoms with E-state index in [2.05, 4.69) is 20.6 Å². The first-order valence-electron chi connectivity index (χ1n) is 5.84. The Kier molecular flexibility index (Phi) is 3.05. The quantitative estimate of drug-likeness (QED) is 0.780. The van der Waals surface area contributed by atoms with Gasteiger partial charge >= 0.3 is 0 Å². The molecule has 3 rings (SSSR count). The number of hydrogen-bond acceptors (Lipinski definition) is 4. The average molecular weight is 275 g/mol. The van der Waals surface area contributed by atoms with Crippen molar-refractivity contribution in [2.45, 2.75) is 12.6 Å². The standard InChI is InChI=1S/C13H11ClN4O/c14-13-16-7-9-6-15-12(19)10(17-11(9)18-13)8-4-2-1-3-5-8/h1-5,7,10H,6H2,(H,15,19)(H,16,17,18). The van der Waals surface area contributed by atoms with Crippen LogP contribution in [0.3, 0.4) is 0 Å². The second kappa shape index (κ2) is 4.85. The number of aromatic nitrogens is 2. The number of carbonyl (C=O) groups excluding carboxylic acids is 1. The van der Waals surface area contributed by atoms with Crippen LogP contribution in [0.2, 0.25) is 5.28 Å². The Morgan fingerprint density at radius 1 is 1.26 bits per heavy atom. The molecule has 0 saturated heterocycles. The number of nitrogens with one attached hydrogen (secondary N) is 2. The Hall–Kier alpha value is -2.14. The zero-order valence-electron chi connectivity index (χ0n) is 9.93. The zero-order valence-corrected chi connectivity index (χ0v) is 10.7. The Morgan fingerprint density at radius 2 is 2.05 bits per heavy atom. The third-order valence-corrected chi connectivity index (χ3v) is 3.15. The van der Waals surface area contributed by atoms with E-state index in [0.29, 0.717) is 12.4 Å². The highest BCUT2D eigenvalue weighted by molar-refractivity contribution is 6.28. The van der Waals surface area contributed by atoms with Gasteiger partial charge in [0.1, 0.15) is 11.9 Å². The van der Waals surface area contributed by atoms with Crippen LogP contribution in [0.5, 0.6) is 0 Å². The number of carbonyl (C=O) groups is 1. The summed E-state index contributed by atoms with van der Waals surface area (Å²) in [6.07, 6.45) is 1.62. The molecule has 1 atom stereocenters. The van der Waals surface area contributed by atoms with Crippen LogP contribution in [0.25, 0.3) is 0 Å². The first kappa shape index (κ1) is 11.9. The monoisotopic (exact) mass is 274 g/mol. The van der Waals surface area contributed by atoms with Crippen LogP contribution in [0.4, 0.5) is 5.82 Å². The third-order valence-electron chi connectivity index (χ3n) is 2.96. The maximum Gasteiger partial charge on any atom is 0.247 e. The minimum absolute atomic E-state index is 0.0969. The van der Waals surface area contributed by atoms with Crippen LogP contribution < -0.4 is 10.6 Å². The van der Waals surface area contributed by atoms with E-state index in [1.165, 1.54) is 0 Å². The zero-order chi connectivity index (χ0) is 13.2. The van der Waals surface area contributed by atoms with E-state index in [1.54, 1.807) is 6.20 Å². The third kappa shape index (κ3) is 2.37. The molecule has 0 spiro atoms. The molecule has 5 nitrogen and oxygen atoms in total. The number of fused-ring (bicyclic) bond motifs is 1. The van der Waals surface area contributed by atoms with Gasteiger partial charge in [0, 0.05) is 18.3 Å². The molecule has 1 amide bonds. The topological polar surface area (TPSA) is 66.9 Å². The van der Waals surface area contributed by atoms with Crippen molar-refractivity contribution in [3.63, 3.8) is 0 Å². The summed E-state index contributed by atoms with van der Waals surface area (Å²) < 4.78 is 0. The van der Waals surface area contributed by atoms with Crippen molar-refractivity contribution in [3.05, 3.63) is 52.9 Å². The molecule has 19 heavy (non-hydrogen) atoms. The van der Waals surface area contributed by atoms with Crippen molar-refractivity contribution in [1.29, 1.82) is 0 Å². The van der Waals surface area contributed by atoms with Gasteiger partial charge in [0.2, 0.25) is 11.2 Å². The molecule has 0 bridgehead atoms. The minimum atomic E-state index is -0.478. The molecule has 6 heteroatoms. The average Bonchev–Trinajstić information content (AvgIpc) is 2.59. The van der Waals surface area contributed by atoms with Gasteiger partial charge in [-0.15, -0.1) is 0 Å². The van der Waals surface area contributed by atoms with Crippen LogP contribution in [-0.2, 0) is 11.3 Å². The molecular weight excluding hydrogens is 264 g/mol. The van der Waals surface area contributed by atoms with Crippen LogP contribution in [0.15, 0.2) is 36.5 Å². The van der Waals surface area contributed by atoms with E-state index in [0.717, 1.165) is 11.1 Å². The number of rotatable bonds is 1. The number of anilines is 1. The predicted octanol–water partition coefficient (Wildman–Crippen LogP) is 1.91. The summed E-state index contributed by atoms with van der Waals surface area (Å²) in [7, 11) is 0. The van der Waals surface area contributed by atoms with E-state index in [4.69, 9.17) is 11.6 Å². The van der Waals surface area contributed by atoms with Gasteiger partial charge in [0.25, 0.3) is 0 Å². The molecule has 1 unspecified atom stereocenters. The van der Waals surface area contributed by atoms with E-state index >= 15 is 0 Å². The molecule has 1 aromatic carbocycles. The smallest absolute Gasteiger partial charge is 0.247 e. The highest BCUT2D eigenvalue weighted by atomic mass is 35.5. The van der Waals surface area contributed by atoms with Crippen LogP contribution in [0.1, 0.15) is 17.2 Å². The summed E-state index contributed by atoms with van der Waals surface area (Å²) >= 11 is 5.79. The van der Waals surface area contributed by atoms with Crippen molar-refractivity contribution in [1.82, 2.24) is 15.3 Å². The fourth-order valence-electron chi connectivity index (χ4n) is 2.01. The van der Waals surface area contributed by atoms with Crippen molar-refractivity contribution in [2.24, 2.45) is 0 Å². The van der Waals surface area contributed by atoms with Gasteiger partial charge in [-0.2, -0.15) is 0 Å². The fourth-order valence-corrected chi connectivity index (χ4v) is 2.14. The largest absolute Gasteiger partial charge is 0.354 e. The number of amides is 1. The molecule has 1 aromatic heterocycles. The van der Waals surface area contributed by atoms with Crippen LogP contribution in [-0.4, -0.2) is 15.9 Å². The molecule has 2 heterocycles. The first-order chi connectivity index (χ1) is 9.24. The second-order valence-electron chi connectivity index (χ2n) is 4.22. The van der Waals surface area contributed by atoms with Crippen LogP contribution in [0, 0.1) is 0 Å². The van der Waals surface area contributed by atoms with E-state index < -0.39 is 6.04 Å².